The SMILES string of the molecule is CO[C@H]1/C=C/O[C@@]2(C)Oc3c(C)c(O)c4c(=O)c(c5oc6cc(N7CCC(N(C)C8([C@@H]9CCN(c%10c(F)cn%11c(=O)c(C(=O)O)cc(C%12CC%12)c%11c%10C)C9)CC8)CC7)cc(O)c6nc-5c4c3C2=O)NC(=O)/C(C)=C\C=C\[C@H](C)[C@H](O)[C@@H](C)[C@@H](O)[C@@H](C)[C@H](OC(C)=O)[C@@H]1C. The van der Waals surface area contributed by atoms with E-state index in [1.807, 2.05) is 6.92 Å². The molecule has 2 saturated carbocycles. The van der Waals surface area contributed by atoms with Gasteiger partial charge in [-0.05, 0) is 108 Å². The number of methoxy groups -OCH3 is 1. The van der Waals surface area contributed by atoms with Gasteiger partial charge in [-0.1, -0.05) is 45.9 Å². The number of halogens is 1. The number of carboxylic acids is 1. The van der Waals surface area contributed by atoms with Gasteiger partial charge < -0.3 is 64.0 Å². The Kier molecular flexibility index (Phi) is 16.8. The van der Waals surface area contributed by atoms with Crippen LogP contribution in [0.1, 0.15) is 137 Å². The van der Waals surface area contributed by atoms with Crippen LogP contribution in [0.4, 0.5) is 21.5 Å². The van der Waals surface area contributed by atoms with Gasteiger partial charge in [0.05, 0.1) is 52.9 Å². The van der Waals surface area contributed by atoms with E-state index in [9.17, 15) is 44.7 Å². The average Bonchev–Trinajstić information content (AvgIpc) is 1.67. The molecule has 2 aromatic carbocycles. The zero-order valence-corrected chi connectivity index (χ0v) is 54.2. The number of aliphatic hydroxyl groups is 2. The van der Waals surface area contributed by atoms with Crippen molar-refractivity contribution in [2.75, 3.05) is 55.5 Å². The number of piperidine rings is 1. The second-order valence-electron chi connectivity index (χ2n) is 27.0. The normalized spacial score (nSPS) is 28.4. The van der Waals surface area contributed by atoms with Gasteiger partial charge in [0, 0.05) is 117 Å². The molecule has 5 aliphatic heterocycles. The fourth-order valence-corrected chi connectivity index (χ4v) is 15.4. The Morgan fingerprint density at radius 2 is 1.58 bits per heavy atom. The van der Waals surface area contributed by atoms with Gasteiger partial charge in [0.25, 0.3) is 17.2 Å². The highest BCUT2D eigenvalue weighted by atomic mass is 19.1. The number of carbonyl (C=O) groups is 4. The Labute approximate surface area is 536 Å². The number of aryl methyl sites for hydroxylation is 1. The lowest BCUT2D eigenvalue weighted by Gasteiger charge is -2.43. The number of hydrogen-bond acceptors (Lipinski definition) is 19. The van der Waals surface area contributed by atoms with Crippen molar-refractivity contribution >= 4 is 68.1 Å². The first-order chi connectivity index (χ1) is 44.1. The number of aliphatic hydroxyl groups excluding tert-OH is 2. The van der Waals surface area contributed by atoms with E-state index in [0.29, 0.717) is 48.6 Å². The number of ketones is 1. The summed E-state index contributed by atoms with van der Waals surface area (Å²) in [5.74, 6) is -9.83. The number of rotatable bonds is 9. The van der Waals surface area contributed by atoms with Gasteiger partial charge in [-0.25, -0.2) is 14.2 Å². The van der Waals surface area contributed by atoms with Crippen LogP contribution in [-0.4, -0.2) is 146 Å². The molecule has 23 heteroatoms. The predicted molar refractivity (Wildman–Crippen MR) is 345 cm³/mol. The minimum absolute atomic E-state index is 0.00132. The number of nitrogens with one attached hydrogen (secondary N) is 1. The number of carbonyl (C=O) groups excluding carboxylic acids is 3. The molecule has 8 aliphatic rings. The number of aromatic nitrogens is 2. The van der Waals surface area contributed by atoms with Crippen molar-refractivity contribution in [2.24, 2.45) is 29.6 Å². The summed E-state index contributed by atoms with van der Waals surface area (Å²) in [4.78, 5) is 94.2. The number of pyridine rings is 2. The number of phenols is 2. The third-order valence-electron chi connectivity index (χ3n) is 21.2. The Morgan fingerprint density at radius 1 is 0.882 bits per heavy atom. The van der Waals surface area contributed by atoms with Gasteiger partial charge in [0.15, 0.2) is 17.2 Å². The van der Waals surface area contributed by atoms with Crippen LogP contribution >= 0.6 is 0 Å². The highest BCUT2D eigenvalue weighted by Crippen LogP contribution is 2.55. The maximum absolute atomic E-state index is 16.3. The molecule has 0 unspecified atom stereocenters. The summed E-state index contributed by atoms with van der Waals surface area (Å²) in [5, 5.41) is 59.4. The summed E-state index contributed by atoms with van der Waals surface area (Å²) in [7, 11) is 3.60. The van der Waals surface area contributed by atoms with Crippen LogP contribution in [0.2, 0.25) is 0 Å². The Bertz CT molecular complexity index is 4270. The molecule has 22 nitrogen and oxygen atoms in total. The maximum atomic E-state index is 16.3. The number of anilines is 3. The molecule has 2 saturated heterocycles. The van der Waals surface area contributed by atoms with Crippen molar-refractivity contribution in [1.82, 2.24) is 14.3 Å². The van der Waals surface area contributed by atoms with Crippen LogP contribution < -0.4 is 30.8 Å². The number of carboxylic acid groups (broad SMARTS) is 1. The van der Waals surface area contributed by atoms with Crippen molar-refractivity contribution < 1.29 is 72.5 Å². The summed E-state index contributed by atoms with van der Waals surface area (Å²) in [5.41, 5.74) is 0.163. The number of allylic oxidation sites excluding steroid dienone is 2. The molecule has 1 amide bonds. The Morgan fingerprint density at radius 3 is 2.24 bits per heavy atom. The molecular formula is C70H81FN6O16. The van der Waals surface area contributed by atoms with E-state index in [1.165, 1.54) is 63.7 Å². The minimum atomic E-state index is -2.13. The van der Waals surface area contributed by atoms with Gasteiger partial charge in [-0.15, -0.1) is 0 Å². The quantitative estimate of drug-likeness (QED) is 0.0446. The van der Waals surface area contributed by atoms with Crippen LogP contribution in [0, 0.1) is 49.3 Å². The molecule has 7 heterocycles. The molecule has 3 aliphatic carbocycles. The van der Waals surface area contributed by atoms with Crippen LogP contribution in [0.3, 0.4) is 0 Å². The third kappa shape index (κ3) is 11.0. The number of aromatic hydroxyl groups is 2. The molecule has 4 aromatic rings. The van der Waals surface area contributed by atoms with E-state index in [-0.39, 0.29) is 85.1 Å². The van der Waals surface area contributed by atoms with E-state index in [0.717, 1.165) is 56.7 Å². The Balaban J connectivity index is 0.860. The van der Waals surface area contributed by atoms with E-state index >= 15 is 14.0 Å². The number of phenolic OH excluding ortho intramolecular Hbond substituents is 2. The number of hydrogen-bond donors (Lipinski definition) is 6. The molecule has 4 fully saturated rings. The van der Waals surface area contributed by atoms with Crippen LogP contribution in [0.5, 0.6) is 17.2 Å². The van der Waals surface area contributed by atoms with Gasteiger partial charge in [-0.2, -0.15) is 0 Å². The summed E-state index contributed by atoms with van der Waals surface area (Å²) < 4.78 is 48.3. The van der Waals surface area contributed by atoms with Crippen molar-refractivity contribution in [1.29, 1.82) is 0 Å². The fraction of sp³-hybridized carbons (Fsp3) is 0.500. The average molecular weight is 1280 g/mol. The molecule has 0 radical (unpaired) electrons. The van der Waals surface area contributed by atoms with Crippen LogP contribution in [0.15, 0.2) is 74.5 Å². The lowest BCUT2D eigenvalue weighted by atomic mass is 9.78. The first kappa shape index (κ1) is 64.7. The third-order valence-corrected chi connectivity index (χ3v) is 21.2. The second-order valence-corrected chi connectivity index (χ2v) is 27.0. The first-order valence-corrected chi connectivity index (χ1v) is 32.1. The van der Waals surface area contributed by atoms with Gasteiger partial charge in [0.1, 0.15) is 45.8 Å². The highest BCUT2D eigenvalue weighted by Gasteiger charge is 2.56. The lowest BCUT2D eigenvalue weighted by Crippen LogP contribution is -2.51. The summed E-state index contributed by atoms with van der Waals surface area (Å²) in [6, 6.07) is 4.93. The van der Waals surface area contributed by atoms with Crippen molar-refractivity contribution in [2.45, 2.75) is 155 Å². The highest BCUT2D eigenvalue weighted by molar-refractivity contribution is 6.22. The standard InChI is InChI=1S/C70H81FN6O16/c1-32-13-12-14-33(2)66(85)73-55-61(83)51-50(52-63(38(7)60(51)82)93-69(9,65(52)84)90-26-20-48(89-11)34(3)62(91-39(8)78)37(6)59(81)36(5)58(32)80)54-64(55)92-49-28-43(27-47(79)53(49)72-54)75-24-18-42(19-25-75)74(10)70(21-22-70)41-17-23-76(30-41)57-35(4)56-44(40-15-16-40)29-45(68(87)88)67(86)77(56)31-46(57)71/h12-14,20,26-29,31-32,34,36-37,40-42,48,58-59,62,79-82H,15-19,21-25,30H2,1-11H3,(H,73,85)(H,87,88)/b13-12+,26-20+,33-14-/t32-,34+,36+,37+,41+,48-,58-,59+,62+,69-/m0/s1. The van der Waals surface area contributed by atoms with Gasteiger partial charge >= 0.3 is 17.7 Å². The smallest absolute Gasteiger partial charge is 0.341 e. The van der Waals surface area contributed by atoms with Crippen molar-refractivity contribution in [3.8, 4) is 28.7 Å². The topological polar surface area (TPSA) is 293 Å². The number of esters is 1. The summed E-state index contributed by atoms with van der Waals surface area (Å²) in [6.45, 7) is 16.7. The molecule has 2 aromatic heterocycles. The monoisotopic (exact) mass is 1280 g/mol. The fourth-order valence-electron chi connectivity index (χ4n) is 15.4. The maximum Gasteiger partial charge on any atom is 0.341 e. The molecular weight excluding hydrogens is 1200 g/mol. The lowest BCUT2D eigenvalue weighted by molar-refractivity contribution is -0.160. The number of nitrogens with zero attached hydrogens (tertiary/aromatic N) is 5. The van der Waals surface area contributed by atoms with Gasteiger partial charge in [-0.3, -0.25) is 33.3 Å². The minimum Gasteiger partial charge on any atom is -0.507 e. The number of ether oxygens (including phenoxy) is 4. The zero-order chi connectivity index (χ0) is 66.8. The van der Waals surface area contributed by atoms with Crippen molar-refractivity contribution in [3.63, 3.8) is 0 Å². The number of amides is 1. The van der Waals surface area contributed by atoms with E-state index in [1.54, 1.807) is 52.0 Å². The largest absolute Gasteiger partial charge is 0.507 e. The number of benzene rings is 3. The predicted octanol–water partition coefficient (Wildman–Crippen LogP) is 9.25. The summed E-state index contributed by atoms with van der Waals surface area (Å²) >= 11 is 0. The molecule has 6 N–H and O–H groups in total. The number of aromatic carboxylic acids is 1. The van der Waals surface area contributed by atoms with E-state index in [4.69, 9.17) is 28.3 Å². The van der Waals surface area contributed by atoms with Crippen LogP contribution in [0.25, 0.3) is 38.8 Å². The van der Waals surface area contributed by atoms with E-state index < -0.39 is 111 Å². The number of fused-ring (bicyclic) bond motifs is 3. The second kappa shape index (κ2) is 24.2. The molecule has 12 rings (SSSR count). The van der Waals surface area contributed by atoms with E-state index in [2.05, 4.69) is 27.1 Å². The number of Topliss-reactive ketones (excluding diaryl/α,β-unsaturated/α-hetero) is 1. The zero-order valence-electron chi connectivity index (χ0n) is 54.2. The van der Waals surface area contributed by atoms with Crippen LogP contribution in [-0.2, 0) is 23.8 Å². The molecule has 0 spiro atoms. The molecule has 93 heavy (non-hydrogen) atoms. The molecule has 494 valence electrons. The first-order valence-electron chi connectivity index (χ1n) is 32.1. The molecule has 10 atom stereocenters. The van der Waals surface area contributed by atoms with Crippen molar-refractivity contribution in [3.05, 3.63) is 115 Å². The van der Waals surface area contributed by atoms with Gasteiger partial charge in [0.2, 0.25) is 5.43 Å². The Hall–Kier alpha value is -8.38. The molecule has 4 bridgehead atoms. The summed E-state index contributed by atoms with van der Waals surface area (Å²) in [6.07, 6.45) is 10.5.